The van der Waals surface area contributed by atoms with Crippen LogP contribution in [0, 0.1) is 5.92 Å². The van der Waals surface area contributed by atoms with E-state index in [1.165, 1.54) is 76.4 Å². The monoisotopic (exact) mass is 796 g/mol. The third kappa shape index (κ3) is 6.16. The molecule has 296 valence electrons. The van der Waals surface area contributed by atoms with Crippen molar-refractivity contribution >= 4 is 62.4 Å². The highest BCUT2D eigenvalue weighted by molar-refractivity contribution is 6.16. The Morgan fingerprint density at radius 3 is 1.82 bits per heavy atom. The van der Waals surface area contributed by atoms with Gasteiger partial charge in [0.25, 0.3) is 0 Å². The van der Waals surface area contributed by atoms with Crippen LogP contribution in [-0.4, -0.2) is 17.9 Å². The second-order valence-corrected chi connectivity index (χ2v) is 16.5. The molecular weight excluding hydrogens is 753 g/mol. The smallest absolute Gasteiger partial charge is 0.150 e. The van der Waals surface area contributed by atoms with Crippen molar-refractivity contribution in [2.45, 2.75) is 13.3 Å². The van der Waals surface area contributed by atoms with E-state index >= 15 is 0 Å². The van der Waals surface area contributed by atoms with Gasteiger partial charge in [-0.3, -0.25) is 4.79 Å². The highest BCUT2D eigenvalue weighted by Gasteiger charge is 2.20. The summed E-state index contributed by atoms with van der Waals surface area (Å²) in [5.74, 6) is 0.423. The first kappa shape index (κ1) is 37.3. The number of carbonyl (C=O) groups is 1. The molecule has 62 heavy (non-hydrogen) atoms. The first-order chi connectivity index (χ1) is 30.6. The van der Waals surface area contributed by atoms with Gasteiger partial charge in [0.05, 0.1) is 11.0 Å². The molecule has 0 saturated carbocycles. The van der Waals surface area contributed by atoms with Crippen molar-refractivity contribution in [3.05, 3.63) is 210 Å². The van der Waals surface area contributed by atoms with Crippen molar-refractivity contribution in [3.8, 4) is 50.2 Å². The SMILES string of the molecule is CC1C=c2c(-c3ccc(N(C)c4ccccc4-c4ccccc4C=O)cc3)c3ccccc3c(-c3ccc(-c4cccc5c4c4ccccc4n5-c4ccccc4)cc3)c2=CC1. The van der Waals surface area contributed by atoms with Crippen molar-refractivity contribution in [1.82, 2.24) is 4.57 Å². The minimum atomic E-state index is 0.423. The van der Waals surface area contributed by atoms with E-state index < -0.39 is 0 Å². The summed E-state index contributed by atoms with van der Waals surface area (Å²) in [6.07, 6.45) is 6.89. The standard InChI is InChI=1S/C59H44N2O/c1-39-27-36-51-53(37-39)58(42-32-34-44(35-33-42)60(2)54-24-12-10-19-48(54)46-18-7-6-15-43(46)38-62)50-21-9-8-20-49(50)57(51)41-30-28-40(29-31-41)47-23-14-26-56-59(47)52-22-11-13-25-55(52)61(56)45-16-4-3-5-17-45/h3-26,28-39H,27H2,1-2H3. The summed E-state index contributed by atoms with van der Waals surface area (Å²) in [6, 6.07) is 69.4. The Labute approximate surface area is 361 Å². The van der Waals surface area contributed by atoms with Gasteiger partial charge in [-0.1, -0.05) is 171 Å². The van der Waals surface area contributed by atoms with Crippen LogP contribution in [0.2, 0.25) is 0 Å². The third-order valence-corrected chi connectivity index (χ3v) is 12.8. The van der Waals surface area contributed by atoms with E-state index in [-0.39, 0.29) is 0 Å². The van der Waals surface area contributed by atoms with Gasteiger partial charge in [0.15, 0.2) is 6.29 Å². The van der Waals surface area contributed by atoms with E-state index in [2.05, 4.69) is 199 Å². The van der Waals surface area contributed by atoms with Crippen molar-refractivity contribution in [2.24, 2.45) is 5.92 Å². The lowest BCUT2D eigenvalue weighted by atomic mass is 9.84. The van der Waals surface area contributed by atoms with Crippen molar-refractivity contribution < 1.29 is 4.79 Å². The lowest BCUT2D eigenvalue weighted by molar-refractivity contribution is 0.112. The summed E-state index contributed by atoms with van der Waals surface area (Å²) in [4.78, 5) is 14.2. The molecule has 0 aliphatic heterocycles. The molecule has 0 amide bonds. The normalized spacial score (nSPS) is 13.4. The molecule has 0 radical (unpaired) electrons. The Bertz CT molecular complexity index is 3470. The minimum absolute atomic E-state index is 0.423. The number of hydrogen-bond acceptors (Lipinski definition) is 2. The number of anilines is 2. The highest BCUT2D eigenvalue weighted by Crippen LogP contribution is 2.41. The number of aldehydes is 1. The Hall–Kier alpha value is -7.75. The summed E-state index contributed by atoms with van der Waals surface area (Å²) in [5.41, 5.74) is 15.7. The molecular formula is C59H44N2O. The first-order valence-corrected chi connectivity index (χ1v) is 21.5. The fraction of sp³-hybridized carbons (Fsp3) is 0.0678. The number of benzene rings is 9. The number of fused-ring (bicyclic) bond motifs is 5. The number of carbonyl (C=O) groups excluding carboxylic acids is 1. The molecule has 1 aromatic heterocycles. The van der Waals surface area contributed by atoms with Gasteiger partial charge in [-0.2, -0.15) is 0 Å². The largest absolute Gasteiger partial charge is 0.344 e. The van der Waals surface area contributed by atoms with E-state index in [1.807, 2.05) is 30.3 Å². The van der Waals surface area contributed by atoms with Gasteiger partial charge < -0.3 is 9.47 Å². The number of aromatic nitrogens is 1. The van der Waals surface area contributed by atoms with E-state index in [0.717, 1.165) is 40.9 Å². The fourth-order valence-electron chi connectivity index (χ4n) is 9.90. The molecule has 0 bridgehead atoms. The topological polar surface area (TPSA) is 25.2 Å². The van der Waals surface area contributed by atoms with Crippen LogP contribution in [0.3, 0.4) is 0 Å². The quantitative estimate of drug-likeness (QED) is 0.143. The van der Waals surface area contributed by atoms with E-state index in [0.29, 0.717) is 11.5 Å². The lowest BCUT2D eigenvalue weighted by Gasteiger charge is -2.24. The van der Waals surface area contributed by atoms with Gasteiger partial charge in [-0.15, -0.1) is 0 Å². The number of para-hydroxylation sites is 3. The van der Waals surface area contributed by atoms with Crippen molar-refractivity contribution in [2.75, 3.05) is 11.9 Å². The first-order valence-electron chi connectivity index (χ1n) is 21.5. The molecule has 1 heterocycles. The zero-order chi connectivity index (χ0) is 41.7. The molecule has 3 heteroatoms. The molecule has 1 atom stereocenters. The van der Waals surface area contributed by atoms with Crippen LogP contribution in [0.15, 0.2) is 194 Å². The summed E-state index contributed by atoms with van der Waals surface area (Å²) in [5, 5.41) is 7.64. The second-order valence-electron chi connectivity index (χ2n) is 16.5. The number of hydrogen-bond donors (Lipinski definition) is 0. The van der Waals surface area contributed by atoms with Gasteiger partial charge in [0, 0.05) is 46.0 Å². The molecule has 0 spiro atoms. The Kier molecular flexibility index (Phi) is 9.24. The Morgan fingerprint density at radius 2 is 1.08 bits per heavy atom. The zero-order valence-electron chi connectivity index (χ0n) is 34.8. The average molecular weight is 797 g/mol. The Balaban J connectivity index is 1.01. The van der Waals surface area contributed by atoms with Gasteiger partial charge in [0.1, 0.15) is 0 Å². The molecule has 1 aliphatic carbocycles. The van der Waals surface area contributed by atoms with Crippen LogP contribution in [0.5, 0.6) is 0 Å². The fourth-order valence-corrected chi connectivity index (χ4v) is 9.90. The maximum Gasteiger partial charge on any atom is 0.150 e. The maximum absolute atomic E-state index is 12.0. The summed E-state index contributed by atoms with van der Waals surface area (Å²) >= 11 is 0. The summed E-state index contributed by atoms with van der Waals surface area (Å²) in [6.45, 7) is 2.32. The molecule has 1 unspecified atom stereocenters. The van der Waals surface area contributed by atoms with Crippen LogP contribution < -0.4 is 15.3 Å². The van der Waals surface area contributed by atoms with Gasteiger partial charge in [-0.25, -0.2) is 0 Å². The van der Waals surface area contributed by atoms with E-state index in [4.69, 9.17) is 0 Å². The van der Waals surface area contributed by atoms with Crippen molar-refractivity contribution in [3.63, 3.8) is 0 Å². The van der Waals surface area contributed by atoms with Crippen LogP contribution in [-0.2, 0) is 0 Å². The molecule has 9 aromatic carbocycles. The molecule has 0 N–H and O–H groups in total. The predicted molar refractivity (Wildman–Crippen MR) is 262 cm³/mol. The summed E-state index contributed by atoms with van der Waals surface area (Å²) < 4.78 is 2.39. The molecule has 10 aromatic rings. The van der Waals surface area contributed by atoms with E-state index in [9.17, 15) is 4.79 Å². The van der Waals surface area contributed by atoms with E-state index in [1.54, 1.807) is 0 Å². The molecule has 0 saturated heterocycles. The number of nitrogens with zero attached hydrogens (tertiary/aromatic N) is 2. The highest BCUT2D eigenvalue weighted by atomic mass is 16.1. The zero-order valence-corrected chi connectivity index (χ0v) is 34.8. The molecule has 3 nitrogen and oxygen atoms in total. The molecule has 11 rings (SSSR count). The van der Waals surface area contributed by atoms with Crippen LogP contribution in [0.1, 0.15) is 23.7 Å². The minimum Gasteiger partial charge on any atom is -0.344 e. The van der Waals surface area contributed by atoms with Crippen LogP contribution in [0.25, 0.3) is 94.9 Å². The second kappa shape index (κ2) is 15.4. The predicted octanol–water partition coefficient (Wildman–Crippen LogP) is 13.8. The van der Waals surface area contributed by atoms with Crippen LogP contribution in [0.4, 0.5) is 11.4 Å². The maximum atomic E-state index is 12.0. The van der Waals surface area contributed by atoms with Gasteiger partial charge in [-0.05, 0) is 115 Å². The number of rotatable bonds is 8. The van der Waals surface area contributed by atoms with Gasteiger partial charge >= 0.3 is 0 Å². The Morgan fingerprint density at radius 1 is 0.516 bits per heavy atom. The summed E-state index contributed by atoms with van der Waals surface area (Å²) in [7, 11) is 2.10. The van der Waals surface area contributed by atoms with Crippen LogP contribution >= 0.6 is 0 Å². The average Bonchev–Trinajstić information content (AvgIpc) is 3.68. The molecule has 0 fully saturated rings. The lowest BCUT2D eigenvalue weighted by Crippen LogP contribution is -2.33. The van der Waals surface area contributed by atoms with Crippen molar-refractivity contribution in [1.29, 1.82) is 0 Å². The molecule has 1 aliphatic rings. The third-order valence-electron chi connectivity index (χ3n) is 12.8. The van der Waals surface area contributed by atoms with Gasteiger partial charge in [0.2, 0.25) is 0 Å².